The van der Waals surface area contributed by atoms with Gasteiger partial charge in [0.15, 0.2) is 0 Å². The van der Waals surface area contributed by atoms with E-state index in [1.54, 1.807) is 0 Å². The normalized spacial score (nSPS) is 22.0. The fraction of sp³-hybridized carbons (Fsp3) is 0.455. The molecule has 1 fully saturated rings. The topological polar surface area (TPSA) is 91.5 Å². The Morgan fingerprint density at radius 3 is 3.00 bits per heavy atom. The van der Waals surface area contributed by atoms with Gasteiger partial charge in [-0.1, -0.05) is 0 Å². The van der Waals surface area contributed by atoms with Gasteiger partial charge < -0.3 is 21.1 Å². The molecule has 0 bridgehead atoms. The van der Waals surface area contributed by atoms with Crippen molar-refractivity contribution in [2.24, 2.45) is 0 Å². The number of rotatable bonds is 2. The molecule has 8 heteroatoms. The standard InChI is InChI=1S/C11H14F2N4O2/c12-11(13)3-7(16-10(18)19)5-17(6-11)9-1-2-15-4-8(9)14/h1-2,4,7,16H,3,5-6,14H2,(H,18,19)/t7-/m0/s1. The van der Waals surface area contributed by atoms with Crippen LogP contribution in [-0.2, 0) is 0 Å². The van der Waals surface area contributed by atoms with Crippen LogP contribution in [0.1, 0.15) is 6.42 Å². The summed E-state index contributed by atoms with van der Waals surface area (Å²) in [6.07, 6.45) is 1.01. The molecule has 19 heavy (non-hydrogen) atoms. The van der Waals surface area contributed by atoms with Crippen molar-refractivity contribution in [3.8, 4) is 0 Å². The van der Waals surface area contributed by atoms with Crippen LogP contribution in [0.4, 0.5) is 25.0 Å². The third-order valence-corrected chi connectivity index (χ3v) is 2.90. The number of carboxylic acid groups (broad SMARTS) is 1. The highest BCUT2D eigenvalue weighted by Gasteiger charge is 2.41. The molecule has 1 aliphatic rings. The Morgan fingerprint density at radius 1 is 1.63 bits per heavy atom. The number of aromatic nitrogens is 1. The average Bonchev–Trinajstić information content (AvgIpc) is 2.26. The highest BCUT2D eigenvalue weighted by Crippen LogP contribution is 2.32. The van der Waals surface area contributed by atoms with Gasteiger partial charge in [-0.3, -0.25) is 4.98 Å². The molecule has 6 nitrogen and oxygen atoms in total. The molecule has 0 saturated carbocycles. The van der Waals surface area contributed by atoms with Crippen molar-refractivity contribution in [3.05, 3.63) is 18.5 Å². The maximum absolute atomic E-state index is 13.6. The van der Waals surface area contributed by atoms with E-state index < -0.39 is 31.0 Å². The Bertz CT molecular complexity index is 484. The molecule has 1 saturated heterocycles. The smallest absolute Gasteiger partial charge is 0.404 e. The number of anilines is 2. The molecule has 0 unspecified atom stereocenters. The predicted molar refractivity (Wildman–Crippen MR) is 65.4 cm³/mol. The molecule has 0 radical (unpaired) electrons. The zero-order valence-corrected chi connectivity index (χ0v) is 10.0. The van der Waals surface area contributed by atoms with E-state index in [2.05, 4.69) is 10.3 Å². The first-order valence-electron chi connectivity index (χ1n) is 5.69. The Labute approximate surface area is 108 Å². The zero-order chi connectivity index (χ0) is 14.0. The Hall–Kier alpha value is -2.12. The number of hydrogen-bond acceptors (Lipinski definition) is 4. The van der Waals surface area contributed by atoms with Gasteiger partial charge in [0.05, 0.1) is 30.2 Å². The van der Waals surface area contributed by atoms with E-state index in [9.17, 15) is 13.6 Å². The molecular weight excluding hydrogens is 258 g/mol. The lowest BCUT2D eigenvalue weighted by atomic mass is 10.0. The van der Waals surface area contributed by atoms with E-state index in [0.717, 1.165) is 0 Å². The molecule has 1 atom stereocenters. The lowest BCUT2D eigenvalue weighted by Crippen LogP contribution is -2.55. The predicted octanol–water partition coefficient (Wildman–Crippen LogP) is 1.15. The molecule has 1 aromatic heterocycles. The second kappa shape index (κ2) is 4.87. The molecule has 1 aromatic rings. The number of alkyl halides is 2. The first kappa shape index (κ1) is 13.3. The van der Waals surface area contributed by atoms with Gasteiger partial charge in [-0.2, -0.15) is 0 Å². The summed E-state index contributed by atoms with van der Waals surface area (Å²) >= 11 is 0. The van der Waals surface area contributed by atoms with Gasteiger partial charge >= 0.3 is 6.09 Å². The van der Waals surface area contributed by atoms with Gasteiger partial charge in [-0.25, -0.2) is 13.6 Å². The number of hydrogen-bond donors (Lipinski definition) is 3. The van der Waals surface area contributed by atoms with Gasteiger partial charge in [-0.05, 0) is 6.07 Å². The fourth-order valence-corrected chi connectivity index (χ4v) is 2.24. The number of carbonyl (C=O) groups is 1. The van der Waals surface area contributed by atoms with Crippen molar-refractivity contribution in [1.29, 1.82) is 0 Å². The fourth-order valence-electron chi connectivity index (χ4n) is 2.24. The van der Waals surface area contributed by atoms with Crippen molar-refractivity contribution >= 4 is 17.5 Å². The van der Waals surface area contributed by atoms with Crippen LogP contribution in [0.2, 0.25) is 0 Å². The van der Waals surface area contributed by atoms with E-state index in [4.69, 9.17) is 10.8 Å². The average molecular weight is 272 g/mol. The summed E-state index contributed by atoms with van der Waals surface area (Å²) in [5.41, 5.74) is 6.42. The second-order valence-corrected chi connectivity index (χ2v) is 4.52. The van der Waals surface area contributed by atoms with Crippen LogP contribution in [0.3, 0.4) is 0 Å². The number of nitrogen functional groups attached to an aromatic ring is 1. The van der Waals surface area contributed by atoms with Gasteiger partial charge in [0.1, 0.15) is 0 Å². The third-order valence-electron chi connectivity index (χ3n) is 2.90. The van der Waals surface area contributed by atoms with Crippen LogP contribution < -0.4 is 16.0 Å². The summed E-state index contributed by atoms with van der Waals surface area (Å²) in [5, 5.41) is 10.7. The van der Waals surface area contributed by atoms with Gasteiger partial charge in [0, 0.05) is 19.2 Å². The Kier molecular flexibility index (Phi) is 3.41. The zero-order valence-electron chi connectivity index (χ0n) is 10.0. The van der Waals surface area contributed by atoms with Gasteiger partial charge in [0.25, 0.3) is 5.92 Å². The number of piperidine rings is 1. The van der Waals surface area contributed by atoms with Crippen LogP contribution in [-0.4, -0.2) is 41.2 Å². The number of amides is 1. The molecule has 4 N–H and O–H groups in total. The highest BCUT2D eigenvalue weighted by atomic mass is 19.3. The summed E-state index contributed by atoms with van der Waals surface area (Å²) in [7, 11) is 0. The first-order valence-corrected chi connectivity index (χ1v) is 5.69. The summed E-state index contributed by atoms with van der Waals surface area (Å²) in [6.45, 7) is -0.338. The molecule has 0 aromatic carbocycles. The molecule has 104 valence electrons. The molecule has 0 spiro atoms. The van der Waals surface area contributed by atoms with Crippen LogP contribution >= 0.6 is 0 Å². The summed E-state index contributed by atoms with van der Waals surface area (Å²) in [5.74, 6) is -2.97. The quantitative estimate of drug-likeness (QED) is 0.751. The number of nitrogens with one attached hydrogen (secondary N) is 1. The van der Waals surface area contributed by atoms with E-state index in [1.165, 1.54) is 23.4 Å². The van der Waals surface area contributed by atoms with E-state index in [1.807, 2.05) is 0 Å². The molecule has 2 rings (SSSR count). The number of nitrogens with two attached hydrogens (primary N) is 1. The lowest BCUT2D eigenvalue weighted by Gasteiger charge is -2.39. The van der Waals surface area contributed by atoms with E-state index >= 15 is 0 Å². The van der Waals surface area contributed by atoms with Gasteiger partial charge in [-0.15, -0.1) is 0 Å². The van der Waals surface area contributed by atoms with Crippen molar-refractivity contribution in [1.82, 2.24) is 10.3 Å². The monoisotopic (exact) mass is 272 g/mol. The maximum atomic E-state index is 13.6. The minimum Gasteiger partial charge on any atom is -0.465 e. The largest absolute Gasteiger partial charge is 0.465 e. The van der Waals surface area contributed by atoms with Crippen LogP contribution in [0.5, 0.6) is 0 Å². The molecule has 2 heterocycles. The summed E-state index contributed by atoms with van der Waals surface area (Å²) in [6, 6.07) is 0.697. The van der Waals surface area contributed by atoms with Crippen molar-refractivity contribution in [2.75, 3.05) is 23.7 Å². The van der Waals surface area contributed by atoms with E-state index in [-0.39, 0.29) is 12.2 Å². The second-order valence-electron chi connectivity index (χ2n) is 4.52. The van der Waals surface area contributed by atoms with Crippen LogP contribution in [0.25, 0.3) is 0 Å². The molecule has 1 aliphatic heterocycles. The van der Waals surface area contributed by atoms with Crippen LogP contribution in [0.15, 0.2) is 18.5 Å². The van der Waals surface area contributed by atoms with Crippen molar-refractivity contribution < 1.29 is 18.7 Å². The summed E-state index contributed by atoms with van der Waals surface area (Å²) < 4.78 is 27.3. The minimum atomic E-state index is -2.97. The van der Waals surface area contributed by atoms with Crippen molar-refractivity contribution in [2.45, 2.75) is 18.4 Å². The van der Waals surface area contributed by atoms with E-state index in [0.29, 0.717) is 5.69 Å². The molecule has 1 amide bonds. The number of halogens is 2. The number of pyridine rings is 1. The number of nitrogens with zero attached hydrogens (tertiary/aromatic N) is 2. The van der Waals surface area contributed by atoms with Crippen molar-refractivity contribution in [3.63, 3.8) is 0 Å². The highest BCUT2D eigenvalue weighted by molar-refractivity contribution is 5.67. The first-order chi connectivity index (χ1) is 8.87. The molecule has 0 aliphatic carbocycles. The third kappa shape index (κ3) is 3.21. The lowest BCUT2D eigenvalue weighted by molar-refractivity contribution is -0.0206. The summed E-state index contributed by atoms with van der Waals surface area (Å²) in [4.78, 5) is 15.8. The van der Waals surface area contributed by atoms with Gasteiger partial charge in [0.2, 0.25) is 0 Å². The molecular formula is C11H14F2N4O2. The Morgan fingerprint density at radius 2 is 2.37 bits per heavy atom. The maximum Gasteiger partial charge on any atom is 0.404 e. The minimum absolute atomic E-state index is 0.149. The SMILES string of the molecule is Nc1cnccc1N1C[C@@H](NC(=O)O)CC(F)(F)C1. The van der Waals surface area contributed by atoms with Crippen LogP contribution in [0, 0.1) is 0 Å². The Balaban J connectivity index is 2.21.